The maximum atomic E-state index is 13.1. The third-order valence-corrected chi connectivity index (χ3v) is 5.69. The van der Waals surface area contributed by atoms with Gasteiger partial charge in [0.2, 0.25) is 5.91 Å². The molecule has 3 amide bonds. The fourth-order valence-electron chi connectivity index (χ4n) is 3.97. The van der Waals surface area contributed by atoms with Gasteiger partial charge in [-0.15, -0.1) is 0 Å². The summed E-state index contributed by atoms with van der Waals surface area (Å²) < 4.78 is 5.93. The van der Waals surface area contributed by atoms with Crippen molar-refractivity contribution in [2.75, 3.05) is 23.4 Å². The van der Waals surface area contributed by atoms with Crippen molar-refractivity contribution in [3.05, 3.63) is 66.2 Å². The fraction of sp³-hybridized carbons (Fsp3) is 0.308. The van der Waals surface area contributed by atoms with E-state index in [9.17, 15) is 9.59 Å². The lowest BCUT2D eigenvalue weighted by Gasteiger charge is -2.27. The largest absolute Gasteiger partial charge is 0.490 e. The number of carbonyl (C=O) groups is 2. The number of urea groups is 1. The highest BCUT2D eigenvalue weighted by molar-refractivity contribution is 6.00. The second-order valence-electron chi connectivity index (χ2n) is 8.76. The normalized spacial score (nSPS) is 15.0. The van der Waals surface area contributed by atoms with Gasteiger partial charge in [0.05, 0.1) is 11.1 Å². The molecule has 6 nitrogen and oxygen atoms in total. The number of fused-ring (bicyclic) bond motifs is 2. The van der Waals surface area contributed by atoms with Crippen LogP contribution in [0.5, 0.6) is 5.75 Å². The van der Waals surface area contributed by atoms with Crippen molar-refractivity contribution in [1.82, 2.24) is 5.32 Å². The second-order valence-corrected chi connectivity index (χ2v) is 8.76. The van der Waals surface area contributed by atoms with Crippen LogP contribution < -0.4 is 20.3 Å². The summed E-state index contributed by atoms with van der Waals surface area (Å²) in [5.74, 6) is 0.676. The summed E-state index contributed by atoms with van der Waals surface area (Å²) in [4.78, 5) is 27.4. The van der Waals surface area contributed by atoms with E-state index in [0.717, 1.165) is 22.8 Å². The zero-order valence-corrected chi connectivity index (χ0v) is 18.8. The molecule has 2 N–H and O–H groups in total. The molecule has 0 saturated carbocycles. The minimum atomic E-state index is -0.613. The molecule has 0 unspecified atom stereocenters. The highest BCUT2D eigenvalue weighted by atomic mass is 16.5. The summed E-state index contributed by atoms with van der Waals surface area (Å²) in [5, 5.41) is 8.07. The van der Waals surface area contributed by atoms with Gasteiger partial charge in [0.1, 0.15) is 12.4 Å². The van der Waals surface area contributed by atoms with Crippen LogP contribution in [0.4, 0.5) is 16.2 Å². The predicted octanol–water partition coefficient (Wildman–Crippen LogP) is 5.32. The molecule has 166 valence electrons. The number of ether oxygens (including phenoxy) is 1. The average molecular weight is 432 g/mol. The van der Waals surface area contributed by atoms with Gasteiger partial charge in [-0.1, -0.05) is 49.4 Å². The summed E-state index contributed by atoms with van der Waals surface area (Å²) in [6.07, 6.45) is 0.824. The van der Waals surface area contributed by atoms with Crippen molar-refractivity contribution >= 4 is 34.1 Å². The summed E-state index contributed by atoms with van der Waals surface area (Å²) in [5.41, 5.74) is 1.73. The van der Waals surface area contributed by atoms with Gasteiger partial charge in [-0.2, -0.15) is 0 Å². The van der Waals surface area contributed by atoms with Gasteiger partial charge in [-0.05, 0) is 54.8 Å². The van der Waals surface area contributed by atoms with E-state index in [1.165, 1.54) is 0 Å². The van der Waals surface area contributed by atoms with Crippen LogP contribution in [0, 0.1) is 5.41 Å². The minimum Gasteiger partial charge on any atom is -0.490 e. The molecule has 0 radical (unpaired) electrons. The van der Waals surface area contributed by atoms with Crippen LogP contribution >= 0.6 is 0 Å². The van der Waals surface area contributed by atoms with Gasteiger partial charge in [-0.25, -0.2) is 4.79 Å². The zero-order chi connectivity index (χ0) is 22.7. The van der Waals surface area contributed by atoms with Crippen molar-refractivity contribution in [3.8, 4) is 5.75 Å². The molecule has 0 aliphatic carbocycles. The lowest BCUT2D eigenvalue weighted by Crippen LogP contribution is -2.42. The number of benzene rings is 3. The Hall–Kier alpha value is -3.54. The number of hydrogen-bond donors (Lipinski definition) is 2. The molecule has 3 aromatic carbocycles. The van der Waals surface area contributed by atoms with Crippen molar-refractivity contribution < 1.29 is 14.3 Å². The topological polar surface area (TPSA) is 70.7 Å². The van der Waals surface area contributed by atoms with Crippen LogP contribution in [0.25, 0.3) is 10.8 Å². The lowest BCUT2D eigenvalue weighted by molar-refractivity contribution is -0.127. The number of nitrogens with zero attached hydrogens (tertiary/aromatic N) is 1. The molecule has 32 heavy (non-hydrogen) atoms. The number of hydrogen-bond acceptors (Lipinski definition) is 3. The lowest BCUT2D eigenvalue weighted by atomic mass is 9.93. The van der Waals surface area contributed by atoms with Crippen LogP contribution in [0.2, 0.25) is 0 Å². The van der Waals surface area contributed by atoms with Gasteiger partial charge < -0.3 is 20.3 Å². The molecule has 1 heterocycles. The number of anilines is 2. The Labute approximate surface area is 188 Å². The first kappa shape index (κ1) is 21.7. The Morgan fingerprint density at radius 1 is 1.09 bits per heavy atom. The van der Waals surface area contributed by atoms with E-state index in [0.29, 0.717) is 36.8 Å². The Morgan fingerprint density at radius 3 is 2.69 bits per heavy atom. The first-order valence-electron chi connectivity index (χ1n) is 11.0. The van der Waals surface area contributed by atoms with Gasteiger partial charge in [0.15, 0.2) is 0 Å². The molecule has 0 bridgehead atoms. The molecule has 1 aliphatic rings. The van der Waals surface area contributed by atoms with Gasteiger partial charge >= 0.3 is 6.03 Å². The Morgan fingerprint density at radius 2 is 1.88 bits per heavy atom. The Bertz CT molecular complexity index is 1150. The zero-order valence-electron chi connectivity index (χ0n) is 18.8. The summed E-state index contributed by atoms with van der Waals surface area (Å²) in [6.45, 7) is 7.14. The van der Waals surface area contributed by atoms with E-state index in [1.807, 2.05) is 57.2 Å². The number of amides is 3. The first-order chi connectivity index (χ1) is 15.4. The minimum absolute atomic E-state index is 0.0238. The quantitative estimate of drug-likeness (QED) is 0.574. The van der Waals surface area contributed by atoms with Crippen LogP contribution in [0.3, 0.4) is 0 Å². The predicted molar refractivity (Wildman–Crippen MR) is 128 cm³/mol. The maximum absolute atomic E-state index is 13.1. The molecule has 0 atom stereocenters. The molecule has 3 aromatic rings. The van der Waals surface area contributed by atoms with Gasteiger partial charge in [-0.3, -0.25) is 4.79 Å². The number of carbonyl (C=O) groups excluding carboxylic acids is 2. The van der Waals surface area contributed by atoms with E-state index in [4.69, 9.17) is 4.74 Å². The first-order valence-corrected chi connectivity index (χ1v) is 11.0. The Balaban J connectivity index is 1.50. The SMILES string of the molecule is CCCN1C(=O)C(C)(C)COc2ccc(NC(=O)NCc3cccc4ccccc34)cc21. The van der Waals surface area contributed by atoms with Gasteiger partial charge in [0.25, 0.3) is 0 Å². The molecular formula is C26H29N3O3. The molecule has 0 fully saturated rings. The van der Waals surface area contributed by atoms with Crippen molar-refractivity contribution in [2.24, 2.45) is 5.41 Å². The second kappa shape index (κ2) is 8.91. The summed E-state index contributed by atoms with van der Waals surface area (Å²) >= 11 is 0. The molecule has 0 aromatic heterocycles. The average Bonchev–Trinajstić information content (AvgIpc) is 2.88. The van der Waals surface area contributed by atoms with E-state index in [-0.39, 0.29) is 11.9 Å². The van der Waals surface area contributed by atoms with Crippen molar-refractivity contribution in [1.29, 1.82) is 0 Å². The molecule has 4 rings (SSSR count). The van der Waals surface area contributed by atoms with Crippen molar-refractivity contribution in [3.63, 3.8) is 0 Å². The van der Waals surface area contributed by atoms with Crippen LogP contribution in [-0.4, -0.2) is 25.1 Å². The van der Waals surface area contributed by atoms with Crippen LogP contribution in [-0.2, 0) is 11.3 Å². The summed E-state index contributed by atoms with van der Waals surface area (Å²) in [7, 11) is 0. The standard InChI is InChI=1S/C26H29N3O3/c1-4-14-29-22-15-20(12-13-23(22)32-17-26(2,3)24(29)30)28-25(31)27-16-19-10-7-9-18-8-5-6-11-21(18)19/h5-13,15H,4,14,16-17H2,1-3H3,(H2,27,28,31). The van der Waals surface area contributed by atoms with E-state index >= 15 is 0 Å². The fourth-order valence-corrected chi connectivity index (χ4v) is 3.97. The number of nitrogens with one attached hydrogen (secondary N) is 2. The highest BCUT2D eigenvalue weighted by Gasteiger charge is 2.37. The van der Waals surface area contributed by atoms with Gasteiger partial charge in [0, 0.05) is 18.8 Å². The molecule has 1 aliphatic heterocycles. The third kappa shape index (κ3) is 4.40. The summed E-state index contributed by atoms with van der Waals surface area (Å²) in [6, 6.07) is 19.3. The van der Waals surface area contributed by atoms with Crippen molar-refractivity contribution in [2.45, 2.75) is 33.7 Å². The smallest absolute Gasteiger partial charge is 0.319 e. The number of rotatable bonds is 5. The maximum Gasteiger partial charge on any atom is 0.319 e. The molecule has 6 heteroatoms. The third-order valence-electron chi connectivity index (χ3n) is 5.69. The molecular weight excluding hydrogens is 402 g/mol. The monoisotopic (exact) mass is 431 g/mol. The van der Waals surface area contributed by atoms with Crippen LogP contribution in [0.1, 0.15) is 32.8 Å². The van der Waals surface area contributed by atoms with E-state index in [1.54, 1.807) is 11.0 Å². The van der Waals surface area contributed by atoms with Crippen LogP contribution in [0.15, 0.2) is 60.7 Å². The Kier molecular flexibility index (Phi) is 6.04. The molecule has 0 saturated heterocycles. The van der Waals surface area contributed by atoms with E-state index < -0.39 is 5.41 Å². The molecule has 0 spiro atoms. The highest BCUT2D eigenvalue weighted by Crippen LogP contribution is 2.38. The van der Waals surface area contributed by atoms with E-state index in [2.05, 4.69) is 28.8 Å².